The van der Waals surface area contributed by atoms with E-state index in [9.17, 15) is 13.6 Å². The van der Waals surface area contributed by atoms with Crippen molar-refractivity contribution in [3.05, 3.63) is 27.2 Å². The number of aromatic nitrogens is 4. The molecule has 24 heavy (non-hydrogen) atoms. The monoisotopic (exact) mass is 403 g/mol. The Balaban J connectivity index is 2.28. The van der Waals surface area contributed by atoms with Gasteiger partial charge in [-0.15, -0.1) is 0 Å². The van der Waals surface area contributed by atoms with Crippen molar-refractivity contribution in [2.24, 2.45) is 0 Å². The highest BCUT2D eigenvalue weighted by Crippen LogP contribution is 2.31. The van der Waals surface area contributed by atoms with Gasteiger partial charge in [-0.25, -0.2) is 8.78 Å². The smallest absolute Gasteiger partial charge is 0.283 e. The lowest BCUT2D eigenvalue weighted by Gasteiger charge is -2.15. The molecule has 0 saturated heterocycles. The predicted molar refractivity (Wildman–Crippen MR) is 90.3 cm³/mol. The van der Waals surface area contributed by atoms with E-state index in [2.05, 4.69) is 31.4 Å². The lowest BCUT2D eigenvalue weighted by atomic mass is 10.2. The molecule has 0 aliphatic carbocycles. The summed E-state index contributed by atoms with van der Waals surface area (Å²) in [6, 6.07) is -0.738. The average molecular weight is 404 g/mol. The maximum Gasteiger partial charge on any atom is 0.283 e. The molecule has 132 valence electrons. The Bertz CT molecular complexity index is 768. The number of rotatable bonds is 5. The van der Waals surface area contributed by atoms with Crippen LogP contribution in [0.15, 0.2) is 4.47 Å². The van der Waals surface area contributed by atoms with Crippen LogP contribution in [0.25, 0.3) is 0 Å². The number of alkyl halides is 2. The van der Waals surface area contributed by atoms with Crippen molar-refractivity contribution < 1.29 is 13.6 Å². The zero-order valence-corrected chi connectivity index (χ0v) is 15.8. The molecule has 0 aromatic carbocycles. The van der Waals surface area contributed by atoms with Gasteiger partial charge in [0.25, 0.3) is 6.43 Å². The minimum atomic E-state index is -2.71. The fourth-order valence-corrected chi connectivity index (χ4v) is 3.00. The number of nitrogens with zero attached hydrogens (tertiary/aromatic N) is 4. The summed E-state index contributed by atoms with van der Waals surface area (Å²) >= 11 is 3.11. The van der Waals surface area contributed by atoms with Crippen molar-refractivity contribution in [3.63, 3.8) is 0 Å². The van der Waals surface area contributed by atoms with E-state index >= 15 is 0 Å². The molecule has 2 aromatic rings. The lowest BCUT2D eigenvalue weighted by Crippen LogP contribution is -2.25. The quantitative estimate of drug-likeness (QED) is 0.822. The van der Waals surface area contributed by atoms with E-state index in [1.54, 1.807) is 18.5 Å². The SMILES string of the molecule is CCn1nc(C)c(NC(=O)[C@@H](C)n2nc(C(F)F)c(Br)c2C)c1C. The topological polar surface area (TPSA) is 64.7 Å². The average Bonchev–Trinajstić information content (AvgIpc) is 2.98. The summed E-state index contributed by atoms with van der Waals surface area (Å²) in [4.78, 5) is 12.5. The number of carbonyl (C=O) groups excluding carboxylic acids is 1. The Morgan fingerprint density at radius 3 is 2.33 bits per heavy atom. The second-order valence-electron chi connectivity index (χ2n) is 5.56. The first-order valence-corrected chi connectivity index (χ1v) is 8.35. The molecule has 0 bridgehead atoms. The van der Waals surface area contributed by atoms with E-state index in [0.29, 0.717) is 23.6 Å². The molecule has 0 saturated carbocycles. The molecule has 1 atom stereocenters. The number of amides is 1. The van der Waals surface area contributed by atoms with E-state index in [4.69, 9.17) is 0 Å². The first kappa shape index (κ1) is 18.6. The summed E-state index contributed by atoms with van der Waals surface area (Å²) < 4.78 is 29.2. The fraction of sp³-hybridized carbons (Fsp3) is 0.533. The number of hydrogen-bond donors (Lipinski definition) is 1. The fourth-order valence-electron chi connectivity index (χ4n) is 2.56. The molecule has 2 heterocycles. The van der Waals surface area contributed by atoms with E-state index < -0.39 is 12.5 Å². The Kier molecular flexibility index (Phi) is 5.42. The third-order valence-corrected chi connectivity index (χ3v) is 4.96. The summed E-state index contributed by atoms with van der Waals surface area (Å²) in [7, 11) is 0. The zero-order valence-electron chi connectivity index (χ0n) is 14.2. The van der Waals surface area contributed by atoms with Crippen LogP contribution < -0.4 is 5.32 Å². The molecule has 2 aromatic heterocycles. The summed E-state index contributed by atoms with van der Waals surface area (Å²) in [5, 5.41) is 11.1. The van der Waals surface area contributed by atoms with Crippen LogP contribution in [0.5, 0.6) is 0 Å². The van der Waals surface area contributed by atoms with Crippen LogP contribution in [0.2, 0.25) is 0 Å². The zero-order chi connectivity index (χ0) is 18.2. The van der Waals surface area contributed by atoms with Crippen LogP contribution in [-0.2, 0) is 11.3 Å². The van der Waals surface area contributed by atoms with Crippen LogP contribution in [0, 0.1) is 20.8 Å². The Hall–Kier alpha value is -1.77. The molecule has 0 aliphatic rings. The molecule has 0 fully saturated rings. The number of aryl methyl sites for hydroxylation is 2. The number of nitrogens with one attached hydrogen (secondary N) is 1. The minimum Gasteiger partial charge on any atom is -0.321 e. The molecule has 0 radical (unpaired) electrons. The van der Waals surface area contributed by atoms with Gasteiger partial charge < -0.3 is 5.32 Å². The van der Waals surface area contributed by atoms with Crippen LogP contribution in [-0.4, -0.2) is 25.5 Å². The van der Waals surface area contributed by atoms with Gasteiger partial charge in [-0.1, -0.05) is 0 Å². The van der Waals surface area contributed by atoms with Gasteiger partial charge in [0.15, 0.2) is 0 Å². The number of hydrogen-bond acceptors (Lipinski definition) is 3. The van der Waals surface area contributed by atoms with Gasteiger partial charge in [0.1, 0.15) is 11.7 Å². The van der Waals surface area contributed by atoms with E-state index in [-0.39, 0.29) is 16.1 Å². The van der Waals surface area contributed by atoms with Crippen molar-refractivity contribution in [1.82, 2.24) is 19.6 Å². The molecule has 6 nitrogen and oxygen atoms in total. The third-order valence-electron chi connectivity index (χ3n) is 3.98. The molecule has 1 N–H and O–H groups in total. The second kappa shape index (κ2) is 7.00. The van der Waals surface area contributed by atoms with Gasteiger partial charge in [0, 0.05) is 6.54 Å². The maximum absolute atomic E-state index is 13.0. The number of carbonyl (C=O) groups is 1. The van der Waals surface area contributed by atoms with E-state index in [1.165, 1.54) is 4.68 Å². The standard InChI is InChI=1S/C15H20BrF2N5O/c1-6-22-9(4)12(7(2)20-22)19-15(24)10(5)23-8(3)11(16)13(21-23)14(17)18/h10,14H,6H2,1-5H3,(H,19,24)/t10-/m1/s1. The van der Waals surface area contributed by atoms with Crippen molar-refractivity contribution in [1.29, 1.82) is 0 Å². The molecule has 1 amide bonds. The highest BCUT2D eigenvalue weighted by atomic mass is 79.9. The normalized spacial score (nSPS) is 12.7. The minimum absolute atomic E-state index is 0.225. The molecular weight excluding hydrogens is 384 g/mol. The third kappa shape index (κ3) is 3.22. The van der Waals surface area contributed by atoms with Gasteiger partial charge in [0.2, 0.25) is 5.91 Å². The lowest BCUT2D eigenvalue weighted by molar-refractivity contribution is -0.119. The van der Waals surface area contributed by atoms with Gasteiger partial charge in [-0.2, -0.15) is 10.2 Å². The Labute approximate surface area is 147 Å². The van der Waals surface area contributed by atoms with E-state index in [1.807, 2.05) is 20.8 Å². The van der Waals surface area contributed by atoms with Gasteiger partial charge in [-0.3, -0.25) is 14.2 Å². The van der Waals surface area contributed by atoms with Crippen LogP contribution in [0.3, 0.4) is 0 Å². The molecule has 0 unspecified atom stereocenters. The summed E-state index contributed by atoms with van der Waals surface area (Å²) in [5.74, 6) is -0.337. The first-order chi connectivity index (χ1) is 11.2. The molecule has 9 heteroatoms. The number of anilines is 1. The molecule has 2 rings (SSSR count). The Morgan fingerprint density at radius 1 is 1.25 bits per heavy atom. The van der Waals surface area contributed by atoms with Crippen molar-refractivity contribution in [3.8, 4) is 0 Å². The summed E-state index contributed by atoms with van der Waals surface area (Å²) in [6.45, 7) is 9.59. The second-order valence-corrected chi connectivity index (χ2v) is 6.35. The van der Waals surface area contributed by atoms with Crippen molar-refractivity contribution in [2.45, 2.75) is 53.6 Å². The first-order valence-electron chi connectivity index (χ1n) is 7.56. The summed E-state index contributed by atoms with van der Waals surface area (Å²) in [5.41, 5.74) is 2.32. The van der Waals surface area contributed by atoms with Gasteiger partial charge >= 0.3 is 0 Å². The largest absolute Gasteiger partial charge is 0.321 e. The molecule has 0 aliphatic heterocycles. The molecular formula is C15H20BrF2N5O. The van der Waals surface area contributed by atoms with Crippen LogP contribution in [0.4, 0.5) is 14.5 Å². The predicted octanol–water partition coefficient (Wildman–Crippen LogP) is 3.92. The van der Waals surface area contributed by atoms with Crippen LogP contribution in [0.1, 0.15) is 49.1 Å². The van der Waals surface area contributed by atoms with Gasteiger partial charge in [-0.05, 0) is 50.5 Å². The van der Waals surface area contributed by atoms with Crippen molar-refractivity contribution >= 4 is 27.5 Å². The van der Waals surface area contributed by atoms with Crippen LogP contribution >= 0.6 is 15.9 Å². The van der Waals surface area contributed by atoms with Crippen molar-refractivity contribution in [2.75, 3.05) is 5.32 Å². The molecule has 0 spiro atoms. The maximum atomic E-state index is 13.0. The number of halogens is 3. The highest BCUT2D eigenvalue weighted by Gasteiger charge is 2.26. The Morgan fingerprint density at radius 2 is 1.88 bits per heavy atom. The highest BCUT2D eigenvalue weighted by molar-refractivity contribution is 9.10. The summed E-state index contributed by atoms with van der Waals surface area (Å²) in [6.07, 6.45) is -2.71. The van der Waals surface area contributed by atoms with Gasteiger partial charge in [0.05, 0.1) is 27.2 Å². The van der Waals surface area contributed by atoms with E-state index in [0.717, 1.165) is 5.69 Å².